The first-order chi connectivity index (χ1) is 6.95. The van der Waals surface area contributed by atoms with Crippen LogP contribution in [0.1, 0.15) is 26.5 Å². The Morgan fingerprint density at radius 1 is 1.27 bits per heavy atom. The molecule has 0 spiro atoms. The fourth-order valence-electron chi connectivity index (χ4n) is 1.24. The molecule has 1 heterocycles. The molecule has 0 radical (unpaired) electrons. The summed E-state index contributed by atoms with van der Waals surface area (Å²) >= 11 is 0. The molecule has 4 heteroatoms. The van der Waals surface area contributed by atoms with Gasteiger partial charge in [0.25, 0.3) is 0 Å². The van der Waals surface area contributed by atoms with Crippen LogP contribution in [0.3, 0.4) is 0 Å². The molecule has 2 N–H and O–H groups in total. The Balaban J connectivity index is 2.81. The van der Waals surface area contributed by atoms with E-state index in [4.69, 9.17) is 5.73 Å². The first kappa shape index (κ1) is 11.9. The average Bonchev–Trinajstić information content (AvgIpc) is 2.17. The minimum Gasteiger partial charge on any atom is -0.357 e. The summed E-state index contributed by atoms with van der Waals surface area (Å²) in [6, 6.07) is 4.01. The smallest absolute Gasteiger partial charge is 0.151 e. The number of nitrogens with two attached hydrogens (primary N) is 1. The Labute approximate surface area is 91.5 Å². The number of likely N-dealkylation sites (N-methyl/N-ethyl adjacent to an activating group) is 1. The Bertz CT molecular complexity index is 299. The molecular weight excluding hydrogens is 188 g/mol. The molecule has 0 atom stereocenters. The highest BCUT2D eigenvalue weighted by molar-refractivity contribution is 5.36. The second kappa shape index (κ2) is 4.57. The molecule has 1 aromatic rings. The third-order valence-corrected chi connectivity index (χ3v) is 2.27. The summed E-state index contributed by atoms with van der Waals surface area (Å²) in [5.74, 6) is 0.869. The van der Waals surface area contributed by atoms with Gasteiger partial charge in [0, 0.05) is 25.6 Å². The molecule has 0 fully saturated rings. The zero-order chi connectivity index (χ0) is 11.5. The van der Waals surface area contributed by atoms with Crippen molar-refractivity contribution in [3.63, 3.8) is 0 Å². The van der Waals surface area contributed by atoms with Crippen LogP contribution in [-0.4, -0.2) is 30.3 Å². The lowest BCUT2D eigenvalue weighted by atomic mass is 9.92. The van der Waals surface area contributed by atoms with Crippen LogP contribution in [0.4, 0.5) is 5.82 Å². The van der Waals surface area contributed by atoms with Gasteiger partial charge in [0.1, 0.15) is 0 Å². The highest BCUT2D eigenvalue weighted by Crippen LogP contribution is 2.20. The lowest BCUT2D eigenvalue weighted by Crippen LogP contribution is -2.26. The summed E-state index contributed by atoms with van der Waals surface area (Å²) in [4.78, 5) is 2.00. The molecule has 0 aliphatic carbocycles. The maximum absolute atomic E-state index is 5.48. The van der Waals surface area contributed by atoms with E-state index >= 15 is 0 Å². The molecule has 1 rings (SSSR count). The second-order valence-corrected chi connectivity index (χ2v) is 4.74. The van der Waals surface area contributed by atoms with Crippen molar-refractivity contribution in [2.45, 2.75) is 26.2 Å². The molecule has 0 saturated heterocycles. The summed E-state index contributed by atoms with van der Waals surface area (Å²) in [7, 11) is 1.97. The largest absolute Gasteiger partial charge is 0.357 e. The van der Waals surface area contributed by atoms with Crippen molar-refractivity contribution >= 4 is 5.82 Å². The predicted molar refractivity (Wildman–Crippen MR) is 63.1 cm³/mol. The van der Waals surface area contributed by atoms with Gasteiger partial charge in [0.15, 0.2) is 5.82 Å². The van der Waals surface area contributed by atoms with Crippen molar-refractivity contribution in [3.05, 3.63) is 17.8 Å². The standard InChI is InChI=1S/C11H20N4/c1-11(2,3)9-5-6-10(14-13-9)15(4)8-7-12/h5-6H,7-8,12H2,1-4H3. The van der Waals surface area contributed by atoms with Crippen LogP contribution in [0.15, 0.2) is 12.1 Å². The van der Waals surface area contributed by atoms with Crippen molar-refractivity contribution in [3.8, 4) is 0 Å². The van der Waals surface area contributed by atoms with E-state index in [1.54, 1.807) is 0 Å². The second-order valence-electron chi connectivity index (χ2n) is 4.74. The molecule has 0 bridgehead atoms. The average molecular weight is 208 g/mol. The lowest BCUT2D eigenvalue weighted by molar-refractivity contribution is 0.558. The number of hydrogen-bond donors (Lipinski definition) is 1. The molecule has 1 aromatic heterocycles. The van der Waals surface area contributed by atoms with Crippen LogP contribution >= 0.6 is 0 Å². The number of rotatable bonds is 3. The van der Waals surface area contributed by atoms with E-state index in [0.29, 0.717) is 6.54 Å². The van der Waals surface area contributed by atoms with Gasteiger partial charge in [-0.2, -0.15) is 5.10 Å². The Morgan fingerprint density at radius 2 is 1.93 bits per heavy atom. The van der Waals surface area contributed by atoms with Gasteiger partial charge in [-0.1, -0.05) is 20.8 Å². The molecule has 15 heavy (non-hydrogen) atoms. The van der Waals surface area contributed by atoms with Crippen molar-refractivity contribution in [2.75, 3.05) is 25.0 Å². The number of nitrogens with zero attached hydrogens (tertiary/aromatic N) is 3. The zero-order valence-electron chi connectivity index (χ0n) is 9.99. The predicted octanol–water partition coefficient (Wildman–Crippen LogP) is 1.17. The molecule has 4 nitrogen and oxygen atoms in total. The Hall–Kier alpha value is -1.16. The number of hydrogen-bond acceptors (Lipinski definition) is 4. The van der Waals surface area contributed by atoms with Crippen molar-refractivity contribution in [1.29, 1.82) is 0 Å². The molecule has 0 amide bonds. The third kappa shape index (κ3) is 3.16. The van der Waals surface area contributed by atoms with Crippen LogP contribution in [0, 0.1) is 0 Å². The molecular formula is C11H20N4. The van der Waals surface area contributed by atoms with Gasteiger partial charge in [-0.05, 0) is 12.1 Å². The van der Waals surface area contributed by atoms with Gasteiger partial charge >= 0.3 is 0 Å². The van der Waals surface area contributed by atoms with Crippen molar-refractivity contribution < 1.29 is 0 Å². The molecule has 0 aliphatic heterocycles. The lowest BCUT2D eigenvalue weighted by Gasteiger charge is -2.19. The van der Waals surface area contributed by atoms with Gasteiger partial charge in [0.2, 0.25) is 0 Å². The maximum Gasteiger partial charge on any atom is 0.151 e. The monoisotopic (exact) mass is 208 g/mol. The van der Waals surface area contributed by atoms with Gasteiger partial charge in [-0.15, -0.1) is 5.10 Å². The topological polar surface area (TPSA) is 55.0 Å². The van der Waals surface area contributed by atoms with Gasteiger partial charge < -0.3 is 10.6 Å². The molecule has 0 saturated carbocycles. The zero-order valence-corrected chi connectivity index (χ0v) is 9.99. The minimum absolute atomic E-state index is 0.0535. The van der Waals surface area contributed by atoms with E-state index in [2.05, 4.69) is 31.0 Å². The fourth-order valence-corrected chi connectivity index (χ4v) is 1.24. The highest BCUT2D eigenvalue weighted by Gasteiger charge is 2.16. The van der Waals surface area contributed by atoms with E-state index in [0.717, 1.165) is 18.1 Å². The SMILES string of the molecule is CN(CCN)c1ccc(C(C)(C)C)nn1. The van der Waals surface area contributed by atoms with Crippen LogP contribution < -0.4 is 10.6 Å². The van der Waals surface area contributed by atoms with Crippen molar-refractivity contribution in [1.82, 2.24) is 10.2 Å². The first-order valence-corrected chi connectivity index (χ1v) is 5.20. The summed E-state index contributed by atoms with van der Waals surface area (Å²) < 4.78 is 0. The summed E-state index contributed by atoms with van der Waals surface area (Å²) in [5.41, 5.74) is 6.54. The van der Waals surface area contributed by atoms with E-state index in [-0.39, 0.29) is 5.41 Å². The molecule has 0 aromatic carbocycles. The van der Waals surface area contributed by atoms with Crippen LogP contribution in [0.2, 0.25) is 0 Å². The van der Waals surface area contributed by atoms with Crippen molar-refractivity contribution in [2.24, 2.45) is 5.73 Å². The Kier molecular flexibility index (Phi) is 3.63. The number of aromatic nitrogens is 2. The van der Waals surface area contributed by atoms with E-state index < -0.39 is 0 Å². The molecule has 0 aliphatic rings. The van der Waals surface area contributed by atoms with Crippen LogP contribution in [0.5, 0.6) is 0 Å². The quantitative estimate of drug-likeness (QED) is 0.810. The third-order valence-electron chi connectivity index (χ3n) is 2.27. The van der Waals surface area contributed by atoms with Crippen LogP contribution in [-0.2, 0) is 5.41 Å². The molecule has 84 valence electrons. The Morgan fingerprint density at radius 3 is 2.33 bits per heavy atom. The van der Waals surface area contributed by atoms with E-state index in [1.807, 2.05) is 24.1 Å². The molecule has 0 unspecified atom stereocenters. The van der Waals surface area contributed by atoms with Gasteiger partial charge in [-0.25, -0.2) is 0 Å². The van der Waals surface area contributed by atoms with Gasteiger partial charge in [0.05, 0.1) is 5.69 Å². The van der Waals surface area contributed by atoms with E-state index in [1.165, 1.54) is 0 Å². The normalized spacial score (nSPS) is 11.5. The maximum atomic E-state index is 5.48. The first-order valence-electron chi connectivity index (χ1n) is 5.20. The minimum atomic E-state index is 0.0535. The highest BCUT2D eigenvalue weighted by atomic mass is 15.2. The summed E-state index contributed by atoms with van der Waals surface area (Å²) in [6.07, 6.45) is 0. The number of anilines is 1. The van der Waals surface area contributed by atoms with Gasteiger partial charge in [-0.3, -0.25) is 0 Å². The van der Waals surface area contributed by atoms with E-state index in [9.17, 15) is 0 Å². The van der Waals surface area contributed by atoms with Crippen LogP contribution in [0.25, 0.3) is 0 Å². The summed E-state index contributed by atoms with van der Waals surface area (Å²) in [5, 5.41) is 8.40. The fraction of sp³-hybridized carbons (Fsp3) is 0.636. The summed E-state index contributed by atoms with van der Waals surface area (Å²) in [6.45, 7) is 7.80.